The van der Waals surface area contributed by atoms with Gasteiger partial charge in [-0.15, -0.1) is 0 Å². The smallest absolute Gasteiger partial charge is 0.399 e. The van der Waals surface area contributed by atoms with Gasteiger partial charge in [0.25, 0.3) is 0 Å². The third kappa shape index (κ3) is 2.21. The number of carbonyl (C=O) groups is 1. The number of carbonyl (C=O) groups excluding carboxylic acids is 1. The number of primary amides is 1. The molecule has 0 saturated carbocycles. The van der Waals surface area contributed by atoms with Crippen molar-refractivity contribution in [1.29, 1.82) is 0 Å². The Morgan fingerprint density at radius 1 is 1.17 bits per heavy atom. The highest BCUT2D eigenvalue weighted by atomic mass is 32.2. The molecule has 2 aromatic carbocycles. The van der Waals surface area contributed by atoms with Crippen molar-refractivity contribution in [2.24, 2.45) is 5.73 Å². The molecule has 0 fully saturated rings. The first-order valence-corrected chi connectivity index (χ1v) is 6.33. The quantitative estimate of drug-likeness (QED) is 0.626. The molecule has 2 rings (SSSR count). The lowest BCUT2D eigenvalue weighted by Crippen LogP contribution is -2.19. The maximum atomic E-state index is 11.8. The summed E-state index contributed by atoms with van der Waals surface area (Å²) in [6, 6.07) is 9.29. The fourth-order valence-electron chi connectivity index (χ4n) is 1.64. The lowest BCUT2D eigenvalue weighted by molar-refractivity contribution is 0.213. The van der Waals surface area contributed by atoms with Crippen molar-refractivity contribution in [2.75, 3.05) is 5.73 Å². The number of nitrogen functional groups attached to an aromatic ring is 1. The molecule has 1 amide bonds. The van der Waals surface area contributed by atoms with Crippen LogP contribution in [0.25, 0.3) is 10.8 Å². The molecule has 0 radical (unpaired) electrons. The Hall–Kier alpha value is -2.28. The molecule has 0 saturated heterocycles. The first-order valence-electron chi connectivity index (χ1n) is 4.92. The SMILES string of the molecule is NC(=O)OS(=O)(=O)c1cccc2cc(N)ccc12. The summed E-state index contributed by atoms with van der Waals surface area (Å²) in [6.07, 6.45) is -1.37. The molecule has 2 aromatic rings. The van der Waals surface area contributed by atoms with Crippen molar-refractivity contribution in [1.82, 2.24) is 0 Å². The van der Waals surface area contributed by atoms with Gasteiger partial charge >= 0.3 is 16.2 Å². The first-order chi connectivity index (χ1) is 8.40. The minimum absolute atomic E-state index is 0.126. The van der Waals surface area contributed by atoms with Gasteiger partial charge in [-0.1, -0.05) is 18.2 Å². The zero-order valence-electron chi connectivity index (χ0n) is 9.16. The van der Waals surface area contributed by atoms with Crippen LogP contribution in [0.2, 0.25) is 0 Å². The standard InChI is InChI=1S/C11H10N2O4S/c12-8-4-5-9-7(6-8)2-1-3-10(9)18(15,16)17-11(13)14/h1-6H,12H2,(H2,13,14). The maximum Gasteiger partial charge on any atom is 0.420 e. The predicted octanol–water partition coefficient (Wildman–Crippen LogP) is 1.21. The summed E-state index contributed by atoms with van der Waals surface area (Å²) in [5.74, 6) is 0. The minimum atomic E-state index is -4.21. The summed E-state index contributed by atoms with van der Waals surface area (Å²) >= 11 is 0. The Bertz CT molecular complexity index is 725. The van der Waals surface area contributed by atoms with Crippen LogP contribution in [0.5, 0.6) is 0 Å². The number of amides is 1. The molecule has 0 aliphatic rings. The molecular formula is C11H10N2O4S. The van der Waals surface area contributed by atoms with Crippen LogP contribution in [0.3, 0.4) is 0 Å². The van der Waals surface area contributed by atoms with E-state index in [1.54, 1.807) is 24.3 Å². The van der Waals surface area contributed by atoms with Crippen molar-refractivity contribution in [3.8, 4) is 0 Å². The van der Waals surface area contributed by atoms with Crippen LogP contribution in [0.15, 0.2) is 41.3 Å². The van der Waals surface area contributed by atoms with Crippen LogP contribution in [0.1, 0.15) is 0 Å². The lowest BCUT2D eigenvalue weighted by Gasteiger charge is -2.07. The molecular weight excluding hydrogens is 256 g/mol. The number of benzene rings is 2. The van der Waals surface area contributed by atoms with Gasteiger partial charge in [-0.2, -0.15) is 8.42 Å². The second kappa shape index (κ2) is 4.19. The summed E-state index contributed by atoms with van der Waals surface area (Å²) in [5, 5.41) is 1.04. The highest BCUT2D eigenvalue weighted by Crippen LogP contribution is 2.25. The first kappa shape index (κ1) is 12.2. The highest BCUT2D eigenvalue weighted by molar-refractivity contribution is 7.87. The third-order valence-electron chi connectivity index (χ3n) is 2.33. The molecule has 0 spiro atoms. The van der Waals surface area contributed by atoms with Crippen molar-refractivity contribution in [2.45, 2.75) is 4.90 Å². The fraction of sp³-hybridized carbons (Fsp3) is 0. The van der Waals surface area contributed by atoms with E-state index in [0.717, 1.165) is 0 Å². The van der Waals surface area contributed by atoms with E-state index in [1.165, 1.54) is 12.1 Å². The van der Waals surface area contributed by atoms with E-state index in [4.69, 9.17) is 11.5 Å². The van der Waals surface area contributed by atoms with Gasteiger partial charge in [-0.05, 0) is 23.6 Å². The molecule has 0 aliphatic heterocycles. The largest absolute Gasteiger partial charge is 0.420 e. The average Bonchev–Trinajstić information content (AvgIpc) is 2.26. The molecule has 4 N–H and O–H groups in total. The van der Waals surface area contributed by atoms with Crippen LogP contribution < -0.4 is 11.5 Å². The third-order valence-corrected chi connectivity index (χ3v) is 3.60. The van der Waals surface area contributed by atoms with E-state index in [0.29, 0.717) is 16.5 Å². The predicted molar refractivity (Wildman–Crippen MR) is 66.2 cm³/mol. The van der Waals surface area contributed by atoms with Crippen LogP contribution in [-0.4, -0.2) is 14.5 Å². The monoisotopic (exact) mass is 266 g/mol. The minimum Gasteiger partial charge on any atom is -0.399 e. The average molecular weight is 266 g/mol. The summed E-state index contributed by atoms with van der Waals surface area (Å²) in [4.78, 5) is 10.5. The molecule has 0 heterocycles. The highest BCUT2D eigenvalue weighted by Gasteiger charge is 2.21. The van der Waals surface area contributed by atoms with Crippen molar-refractivity contribution in [3.63, 3.8) is 0 Å². The van der Waals surface area contributed by atoms with Crippen molar-refractivity contribution >= 4 is 32.7 Å². The zero-order valence-corrected chi connectivity index (χ0v) is 9.98. The molecule has 0 aromatic heterocycles. The summed E-state index contributed by atoms with van der Waals surface area (Å²) in [5.41, 5.74) is 10.8. The molecule has 6 nitrogen and oxygen atoms in total. The Kier molecular flexibility index (Phi) is 2.84. The topological polar surface area (TPSA) is 112 Å². The van der Waals surface area contributed by atoms with E-state index in [1.807, 2.05) is 0 Å². The second-order valence-corrected chi connectivity index (χ2v) is 5.11. The Morgan fingerprint density at radius 3 is 2.56 bits per heavy atom. The summed E-state index contributed by atoms with van der Waals surface area (Å²) < 4.78 is 27.7. The molecule has 0 unspecified atom stereocenters. The van der Waals surface area contributed by atoms with Crippen molar-refractivity contribution < 1.29 is 17.4 Å². The Labute approximate surface area is 103 Å². The zero-order chi connectivity index (χ0) is 13.3. The van der Waals surface area contributed by atoms with Gasteiger partial charge in [0.2, 0.25) is 0 Å². The van der Waals surface area contributed by atoms with Gasteiger partial charge in [0.05, 0.1) is 0 Å². The van der Waals surface area contributed by atoms with Crippen LogP contribution in [0.4, 0.5) is 10.5 Å². The number of nitrogens with two attached hydrogens (primary N) is 2. The van der Waals surface area contributed by atoms with Crippen LogP contribution in [-0.2, 0) is 14.3 Å². The van der Waals surface area contributed by atoms with Gasteiger partial charge in [-0.25, -0.2) is 4.79 Å². The second-order valence-electron chi connectivity index (χ2n) is 3.59. The molecule has 18 heavy (non-hydrogen) atoms. The Morgan fingerprint density at radius 2 is 1.89 bits per heavy atom. The van der Waals surface area contributed by atoms with Gasteiger partial charge in [0.15, 0.2) is 0 Å². The van der Waals surface area contributed by atoms with Gasteiger partial charge < -0.3 is 15.7 Å². The summed E-state index contributed by atoms with van der Waals surface area (Å²) in [6.45, 7) is 0. The van der Waals surface area contributed by atoms with Gasteiger partial charge in [0.1, 0.15) is 4.90 Å². The van der Waals surface area contributed by atoms with Gasteiger partial charge in [0, 0.05) is 11.1 Å². The molecule has 0 atom stereocenters. The van der Waals surface area contributed by atoms with E-state index in [9.17, 15) is 13.2 Å². The lowest BCUT2D eigenvalue weighted by atomic mass is 10.1. The molecule has 0 bridgehead atoms. The number of hydrogen-bond donors (Lipinski definition) is 2. The normalized spacial score (nSPS) is 11.3. The summed E-state index contributed by atoms with van der Waals surface area (Å²) in [7, 11) is -4.21. The van der Waals surface area contributed by atoms with Crippen LogP contribution >= 0.6 is 0 Å². The number of hydrogen-bond acceptors (Lipinski definition) is 5. The number of anilines is 1. The van der Waals surface area contributed by atoms with Crippen molar-refractivity contribution in [3.05, 3.63) is 36.4 Å². The van der Waals surface area contributed by atoms with E-state index < -0.39 is 16.2 Å². The van der Waals surface area contributed by atoms with E-state index >= 15 is 0 Å². The maximum absolute atomic E-state index is 11.8. The molecule has 7 heteroatoms. The number of fused-ring (bicyclic) bond motifs is 1. The van der Waals surface area contributed by atoms with E-state index in [-0.39, 0.29) is 4.90 Å². The van der Waals surface area contributed by atoms with Gasteiger partial charge in [-0.3, -0.25) is 0 Å². The molecule has 94 valence electrons. The van der Waals surface area contributed by atoms with Crippen LogP contribution in [0, 0.1) is 0 Å². The fourth-order valence-corrected chi connectivity index (χ4v) is 2.65. The number of rotatable bonds is 2. The Balaban J connectivity index is 2.69. The molecule has 0 aliphatic carbocycles. The van der Waals surface area contributed by atoms with E-state index in [2.05, 4.69) is 4.18 Å².